The zero-order chi connectivity index (χ0) is 14.1. The van der Waals surface area contributed by atoms with Crippen molar-refractivity contribution in [3.8, 4) is 11.3 Å². The van der Waals surface area contributed by atoms with E-state index >= 15 is 0 Å². The molecule has 4 heterocycles. The Hall–Kier alpha value is -1.58. The highest BCUT2D eigenvalue weighted by atomic mass is 16.3. The highest BCUT2D eigenvalue weighted by Gasteiger charge is 2.33. The van der Waals surface area contributed by atoms with Gasteiger partial charge in [0.1, 0.15) is 11.5 Å². The van der Waals surface area contributed by atoms with Crippen molar-refractivity contribution in [3.63, 3.8) is 0 Å². The third kappa shape index (κ3) is 2.76. The number of rotatable bonds is 4. The van der Waals surface area contributed by atoms with Gasteiger partial charge in [-0.3, -0.25) is 0 Å². The Kier molecular flexibility index (Phi) is 3.53. The maximum atomic E-state index is 5.96. The number of nitrogens with zero attached hydrogens (tertiary/aromatic N) is 1. The van der Waals surface area contributed by atoms with Crippen molar-refractivity contribution in [2.24, 2.45) is 5.92 Å². The number of nitrogens with one attached hydrogen (secondary N) is 1. The first-order chi connectivity index (χ1) is 10.4. The maximum absolute atomic E-state index is 5.96. The normalized spacial score (nSPS) is 27.9. The number of benzene rings is 1. The number of hydrogen-bond acceptors (Lipinski definition) is 3. The maximum Gasteiger partial charge on any atom is 0.134 e. The van der Waals surface area contributed by atoms with Crippen LogP contribution in [-0.4, -0.2) is 30.6 Å². The third-order valence-corrected chi connectivity index (χ3v) is 4.91. The van der Waals surface area contributed by atoms with Crippen LogP contribution < -0.4 is 5.32 Å². The van der Waals surface area contributed by atoms with Crippen LogP contribution in [0.4, 0.5) is 0 Å². The van der Waals surface area contributed by atoms with Gasteiger partial charge in [0.2, 0.25) is 0 Å². The Morgan fingerprint density at radius 3 is 2.57 bits per heavy atom. The van der Waals surface area contributed by atoms with Crippen molar-refractivity contribution >= 4 is 0 Å². The van der Waals surface area contributed by atoms with E-state index in [1.807, 2.05) is 18.2 Å². The summed E-state index contributed by atoms with van der Waals surface area (Å²) in [6.45, 7) is 4.63. The molecule has 1 aromatic carbocycles. The monoisotopic (exact) mass is 282 g/mol. The van der Waals surface area contributed by atoms with Crippen molar-refractivity contribution in [2.45, 2.75) is 25.4 Å². The summed E-state index contributed by atoms with van der Waals surface area (Å²) < 4.78 is 5.96. The van der Waals surface area contributed by atoms with Crippen LogP contribution in [0.25, 0.3) is 11.3 Å². The van der Waals surface area contributed by atoms with Gasteiger partial charge in [-0.05, 0) is 44.0 Å². The topological polar surface area (TPSA) is 28.4 Å². The van der Waals surface area contributed by atoms with E-state index in [-0.39, 0.29) is 0 Å². The molecule has 0 radical (unpaired) electrons. The van der Waals surface area contributed by atoms with Crippen molar-refractivity contribution in [2.75, 3.05) is 19.6 Å². The van der Waals surface area contributed by atoms with E-state index in [1.165, 1.54) is 32.5 Å². The van der Waals surface area contributed by atoms with Crippen LogP contribution in [0.2, 0.25) is 0 Å². The van der Waals surface area contributed by atoms with Crippen LogP contribution in [0.5, 0.6) is 0 Å². The average Bonchev–Trinajstić information content (AvgIpc) is 3.04. The lowest BCUT2D eigenvalue weighted by Gasteiger charge is -2.45. The summed E-state index contributed by atoms with van der Waals surface area (Å²) in [5.41, 5.74) is 1.14. The molecule has 3 aliphatic rings. The first-order valence-corrected chi connectivity index (χ1v) is 7.98. The molecule has 3 aliphatic heterocycles. The van der Waals surface area contributed by atoms with E-state index in [2.05, 4.69) is 34.5 Å². The third-order valence-electron chi connectivity index (χ3n) is 4.91. The first-order valence-electron chi connectivity index (χ1n) is 7.98. The SMILES string of the molecule is c1ccc(-c2ccc(CN[C@@H]3CN4CCC3CC4)o2)cc1. The van der Waals surface area contributed by atoms with Gasteiger partial charge in [0.25, 0.3) is 0 Å². The van der Waals surface area contributed by atoms with Crippen molar-refractivity contribution < 1.29 is 4.42 Å². The number of fused-ring (bicyclic) bond motifs is 3. The van der Waals surface area contributed by atoms with E-state index in [0.717, 1.165) is 29.5 Å². The lowest BCUT2D eigenvalue weighted by molar-refractivity contribution is 0.0711. The molecule has 1 aromatic heterocycles. The summed E-state index contributed by atoms with van der Waals surface area (Å²) in [6, 6.07) is 15.1. The van der Waals surface area contributed by atoms with Crippen LogP contribution in [-0.2, 0) is 6.54 Å². The van der Waals surface area contributed by atoms with Gasteiger partial charge in [0.05, 0.1) is 6.54 Å². The van der Waals surface area contributed by atoms with E-state index in [1.54, 1.807) is 0 Å². The highest BCUT2D eigenvalue weighted by Crippen LogP contribution is 2.28. The second kappa shape index (κ2) is 5.66. The molecule has 0 unspecified atom stereocenters. The summed E-state index contributed by atoms with van der Waals surface area (Å²) in [5, 5.41) is 3.70. The molecule has 3 heteroatoms. The Labute approximate surface area is 126 Å². The molecule has 0 aliphatic carbocycles. The summed E-state index contributed by atoms with van der Waals surface area (Å²) in [5.74, 6) is 2.85. The summed E-state index contributed by atoms with van der Waals surface area (Å²) in [4.78, 5) is 2.58. The number of piperidine rings is 3. The average molecular weight is 282 g/mol. The predicted molar refractivity (Wildman–Crippen MR) is 83.9 cm³/mol. The van der Waals surface area contributed by atoms with Gasteiger partial charge < -0.3 is 14.6 Å². The summed E-state index contributed by atoms with van der Waals surface area (Å²) >= 11 is 0. The van der Waals surface area contributed by atoms with Gasteiger partial charge in [0, 0.05) is 18.2 Å². The van der Waals surface area contributed by atoms with Gasteiger partial charge >= 0.3 is 0 Å². The second-order valence-electron chi connectivity index (χ2n) is 6.26. The van der Waals surface area contributed by atoms with E-state index in [9.17, 15) is 0 Å². The molecule has 3 nitrogen and oxygen atoms in total. The molecule has 2 aromatic rings. The molecule has 3 saturated heterocycles. The van der Waals surface area contributed by atoms with Crippen LogP contribution in [0.1, 0.15) is 18.6 Å². The zero-order valence-corrected chi connectivity index (χ0v) is 12.3. The molecule has 2 bridgehead atoms. The van der Waals surface area contributed by atoms with Crippen molar-refractivity contribution in [1.82, 2.24) is 10.2 Å². The second-order valence-corrected chi connectivity index (χ2v) is 6.26. The predicted octanol–water partition coefficient (Wildman–Crippen LogP) is 3.13. The Morgan fingerprint density at radius 2 is 1.86 bits per heavy atom. The lowest BCUT2D eigenvalue weighted by Crippen LogP contribution is -2.55. The number of furan rings is 1. The molecule has 1 N–H and O–H groups in total. The van der Waals surface area contributed by atoms with Gasteiger partial charge in [-0.25, -0.2) is 0 Å². The fourth-order valence-electron chi connectivity index (χ4n) is 3.66. The molecule has 5 rings (SSSR count). The molecule has 0 saturated carbocycles. The molecule has 0 spiro atoms. The fourth-order valence-corrected chi connectivity index (χ4v) is 3.66. The molecule has 21 heavy (non-hydrogen) atoms. The first kappa shape index (κ1) is 13.1. The van der Waals surface area contributed by atoms with Crippen LogP contribution in [0.3, 0.4) is 0 Å². The Balaban J connectivity index is 1.39. The van der Waals surface area contributed by atoms with E-state index in [0.29, 0.717) is 6.04 Å². The van der Waals surface area contributed by atoms with Crippen LogP contribution >= 0.6 is 0 Å². The van der Waals surface area contributed by atoms with Gasteiger partial charge in [-0.2, -0.15) is 0 Å². The summed E-state index contributed by atoms with van der Waals surface area (Å²) in [7, 11) is 0. The number of hydrogen-bond donors (Lipinski definition) is 1. The Morgan fingerprint density at radius 1 is 1.05 bits per heavy atom. The standard InChI is InChI=1S/C18H22N2O/c1-2-4-15(5-3-1)18-7-6-16(21-18)12-19-17-13-20-10-8-14(17)9-11-20/h1-7,14,17,19H,8-13H2/t17-/m1/s1. The van der Waals surface area contributed by atoms with Crippen LogP contribution in [0.15, 0.2) is 46.9 Å². The highest BCUT2D eigenvalue weighted by molar-refractivity contribution is 5.57. The summed E-state index contributed by atoms with van der Waals surface area (Å²) in [6.07, 6.45) is 2.70. The van der Waals surface area contributed by atoms with Crippen LogP contribution in [0, 0.1) is 5.92 Å². The molecule has 110 valence electrons. The Bertz CT molecular complexity index is 584. The zero-order valence-electron chi connectivity index (χ0n) is 12.3. The minimum Gasteiger partial charge on any atom is -0.460 e. The molecule has 3 fully saturated rings. The van der Waals surface area contributed by atoms with Crippen molar-refractivity contribution in [1.29, 1.82) is 0 Å². The fraction of sp³-hybridized carbons (Fsp3) is 0.444. The largest absolute Gasteiger partial charge is 0.460 e. The minimum atomic E-state index is 0.637. The van der Waals surface area contributed by atoms with Gasteiger partial charge in [-0.15, -0.1) is 0 Å². The molecule has 1 atom stereocenters. The molecule has 0 amide bonds. The van der Waals surface area contributed by atoms with Crippen molar-refractivity contribution in [3.05, 3.63) is 48.2 Å². The molecular weight excluding hydrogens is 260 g/mol. The quantitative estimate of drug-likeness (QED) is 0.934. The smallest absolute Gasteiger partial charge is 0.134 e. The van der Waals surface area contributed by atoms with E-state index in [4.69, 9.17) is 4.42 Å². The van der Waals surface area contributed by atoms with Gasteiger partial charge in [0.15, 0.2) is 0 Å². The van der Waals surface area contributed by atoms with E-state index < -0.39 is 0 Å². The van der Waals surface area contributed by atoms with Gasteiger partial charge in [-0.1, -0.05) is 30.3 Å². The molecular formula is C18H22N2O. The lowest BCUT2D eigenvalue weighted by atomic mass is 9.84. The minimum absolute atomic E-state index is 0.637.